The Kier molecular flexibility index (Phi) is 6.15. The summed E-state index contributed by atoms with van der Waals surface area (Å²) in [5, 5.41) is 5.01. The van der Waals surface area contributed by atoms with Crippen molar-refractivity contribution in [3.8, 4) is 0 Å². The van der Waals surface area contributed by atoms with Gasteiger partial charge in [-0.05, 0) is 70.9 Å². The normalized spacial score (nSPS) is 12.4. The van der Waals surface area contributed by atoms with E-state index in [1.807, 2.05) is 24.3 Å². The molecule has 20 heavy (non-hydrogen) atoms. The molecular formula is C16H16Cl2IN. The molecule has 2 rings (SSSR count). The van der Waals surface area contributed by atoms with Crippen LogP contribution in [-0.2, 0) is 0 Å². The molecule has 0 aliphatic rings. The monoisotopic (exact) mass is 419 g/mol. The van der Waals surface area contributed by atoms with Crippen LogP contribution in [0.2, 0.25) is 10.0 Å². The van der Waals surface area contributed by atoms with Crippen molar-refractivity contribution in [2.75, 3.05) is 6.54 Å². The topological polar surface area (TPSA) is 12.0 Å². The number of nitrogens with one attached hydrogen (secondary N) is 1. The number of benzene rings is 2. The standard InChI is InChI=1S/C16H16Cl2IN/c1-2-9-20-16(12-5-3-4-6-15(12)19)13-10-11(17)7-8-14(13)18/h3-8,10,16,20H,2,9H2,1H3. The highest BCUT2D eigenvalue weighted by molar-refractivity contribution is 14.1. The Hall–Kier alpha value is -0.290. The molecule has 0 saturated carbocycles. The van der Waals surface area contributed by atoms with Gasteiger partial charge in [-0.3, -0.25) is 0 Å². The van der Waals surface area contributed by atoms with Crippen LogP contribution in [0.1, 0.15) is 30.5 Å². The van der Waals surface area contributed by atoms with E-state index < -0.39 is 0 Å². The lowest BCUT2D eigenvalue weighted by atomic mass is 9.98. The minimum absolute atomic E-state index is 0.0641. The fourth-order valence-electron chi connectivity index (χ4n) is 2.12. The third-order valence-electron chi connectivity index (χ3n) is 3.08. The number of rotatable bonds is 5. The molecule has 2 aromatic rings. The Bertz CT molecular complexity index is 586. The van der Waals surface area contributed by atoms with Crippen molar-refractivity contribution in [1.82, 2.24) is 5.32 Å². The third kappa shape index (κ3) is 3.88. The Balaban J connectivity index is 2.47. The van der Waals surface area contributed by atoms with Gasteiger partial charge < -0.3 is 5.32 Å². The lowest BCUT2D eigenvalue weighted by Crippen LogP contribution is -2.24. The maximum Gasteiger partial charge on any atom is 0.0602 e. The van der Waals surface area contributed by atoms with Crippen molar-refractivity contribution in [3.63, 3.8) is 0 Å². The van der Waals surface area contributed by atoms with Crippen molar-refractivity contribution in [1.29, 1.82) is 0 Å². The van der Waals surface area contributed by atoms with Gasteiger partial charge in [0.05, 0.1) is 6.04 Å². The molecule has 1 N–H and O–H groups in total. The summed E-state index contributed by atoms with van der Waals surface area (Å²) < 4.78 is 1.22. The van der Waals surface area contributed by atoms with Gasteiger partial charge in [0.15, 0.2) is 0 Å². The van der Waals surface area contributed by atoms with Crippen molar-refractivity contribution in [2.24, 2.45) is 0 Å². The van der Waals surface area contributed by atoms with Gasteiger partial charge in [0, 0.05) is 13.6 Å². The van der Waals surface area contributed by atoms with Crippen LogP contribution in [-0.4, -0.2) is 6.54 Å². The lowest BCUT2D eigenvalue weighted by Gasteiger charge is -2.22. The van der Waals surface area contributed by atoms with Gasteiger partial charge in [0.25, 0.3) is 0 Å². The second-order valence-electron chi connectivity index (χ2n) is 4.57. The van der Waals surface area contributed by atoms with Gasteiger partial charge in [-0.25, -0.2) is 0 Å². The quantitative estimate of drug-likeness (QED) is 0.614. The van der Waals surface area contributed by atoms with Crippen LogP contribution in [0.3, 0.4) is 0 Å². The Morgan fingerprint density at radius 2 is 1.85 bits per heavy atom. The number of hydrogen-bond donors (Lipinski definition) is 1. The summed E-state index contributed by atoms with van der Waals surface area (Å²) in [4.78, 5) is 0. The SMILES string of the molecule is CCCNC(c1cc(Cl)ccc1Cl)c1ccccc1I. The third-order valence-corrected chi connectivity index (χ3v) is 4.65. The van der Waals surface area contributed by atoms with Crippen LogP contribution >= 0.6 is 45.8 Å². The van der Waals surface area contributed by atoms with Gasteiger partial charge in [0.1, 0.15) is 0 Å². The molecule has 0 bridgehead atoms. The van der Waals surface area contributed by atoms with Gasteiger partial charge in [-0.2, -0.15) is 0 Å². The molecule has 0 aliphatic carbocycles. The predicted molar refractivity (Wildman–Crippen MR) is 95.8 cm³/mol. The first-order valence-corrected chi connectivity index (χ1v) is 8.39. The summed E-state index contributed by atoms with van der Waals surface area (Å²) in [6.07, 6.45) is 1.07. The van der Waals surface area contributed by atoms with Gasteiger partial charge in [-0.1, -0.05) is 48.3 Å². The summed E-state index contributed by atoms with van der Waals surface area (Å²) in [6.45, 7) is 3.08. The van der Waals surface area contributed by atoms with Crippen molar-refractivity contribution >= 4 is 45.8 Å². The molecule has 4 heteroatoms. The first kappa shape index (κ1) is 16.1. The minimum Gasteiger partial charge on any atom is -0.306 e. The van der Waals surface area contributed by atoms with E-state index in [4.69, 9.17) is 23.2 Å². The molecule has 0 saturated heterocycles. The Morgan fingerprint density at radius 3 is 2.55 bits per heavy atom. The Morgan fingerprint density at radius 1 is 1.10 bits per heavy atom. The highest BCUT2D eigenvalue weighted by atomic mass is 127. The smallest absolute Gasteiger partial charge is 0.0602 e. The van der Waals surface area contributed by atoms with Crippen molar-refractivity contribution < 1.29 is 0 Å². The average Bonchev–Trinajstić information content (AvgIpc) is 2.44. The van der Waals surface area contributed by atoms with Crippen LogP contribution in [0, 0.1) is 3.57 Å². The summed E-state index contributed by atoms with van der Waals surface area (Å²) in [5.74, 6) is 0. The molecule has 1 nitrogen and oxygen atoms in total. The summed E-state index contributed by atoms with van der Waals surface area (Å²) in [5.41, 5.74) is 2.25. The number of halogens is 3. The molecule has 0 aromatic heterocycles. The van der Waals surface area contributed by atoms with E-state index in [1.54, 1.807) is 0 Å². The zero-order valence-electron chi connectivity index (χ0n) is 11.2. The predicted octanol–water partition coefficient (Wildman–Crippen LogP) is 5.69. The lowest BCUT2D eigenvalue weighted by molar-refractivity contribution is 0.597. The van der Waals surface area contributed by atoms with E-state index in [0.717, 1.165) is 23.6 Å². The highest BCUT2D eigenvalue weighted by Gasteiger charge is 2.18. The van der Waals surface area contributed by atoms with Gasteiger partial charge in [-0.15, -0.1) is 0 Å². The second kappa shape index (κ2) is 7.64. The Labute approximate surface area is 143 Å². The van der Waals surface area contributed by atoms with E-state index in [9.17, 15) is 0 Å². The zero-order valence-corrected chi connectivity index (χ0v) is 14.8. The van der Waals surface area contributed by atoms with E-state index in [2.05, 4.69) is 53.0 Å². The molecule has 0 heterocycles. The molecule has 0 aliphatic heterocycles. The maximum absolute atomic E-state index is 6.37. The fraction of sp³-hybridized carbons (Fsp3) is 0.250. The highest BCUT2D eigenvalue weighted by Crippen LogP contribution is 2.32. The number of hydrogen-bond acceptors (Lipinski definition) is 1. The molecular weight excluding hydrogens is 404 g/mol. The van der Waals surface area contributed by atoms with Crippen molar-refractivity contribution in [2.45, 2.75) is 19.4 Å². The van der Waals surface area contributed by atoms with Crippen LogP contribution in [0.4, 0.5) is 0 Å². The van der Waals surface area contributed by atoms with Crippen LogP contribution in [0.25, 0.3) is 0 Å². The van der Waals surface area contributed by atoms with Gasteiger partial charge in [0.2, 0.25) is 0 Å². The van der Waals surface area contributed by atoms with Crippen LogP contribution in [0.15, 0.2) is 42.5 Å². The molecule has 1 atom stereocenters. The first-order valence-electron chi connectivity index (χ1n) is 6.56. The van der Waals surface area contributed by atoms with E-state index >= 15 is 0 Å². The van der Waals surface area contributed by atoms with E-state index in [0.29, 0.717) is 5.02 Å². The molecule has 0 fully saturated rings. The average molecular weight is 420 g/mol. The maximum atomic E-state index is 6.37. The molecule has 0 spiro atoms. The molecule has 0 amide bonds. The molecule has 106 valence electrons. The van der Waals surface area contributed by atoms with Crippen LogP contribution in [0.5, 0.6) is 0 Å². The zero-order chi connectivity index (χ0) is 14.5. The van der Waals surface area contributed by atoms with E-state index in [1.165, 1.54) is 9.13 Å². The van der Waals surface area contributed by atoms with E-state index in [-0.39, 0.29) is 6.04 Å². The summed E-state index contributed by atoms with van der Waals surface area (Å²) in [6, 6.07) is 14.0. The van der Waals surface area contributed by atoms with Gasteiger partial charge >= 0.3 is 0 Å². The second-order valence-corrected chi connectivity index (χ2v) is 6.58. The molecule has 2 aromatic carbocycles. The first-order chi connectivity index (χ1) is 9.63. The molecule has 0 radical (unpaired) electrons. The minimum atomic E-state index is 0.0641. The van der Waals surface area contributed by atoms with Crippen LogP contribution < -0.4 is 5.32 Å². The van der Waals surface area contributed by atoms with Crippen molar-refractivity contribution in [3.05, 3.63) is 67.2 Å². The molecule has 1 unspecified atom stereocenters. The summed E-state index contributed by atoms with van der Waals surface area (Å²) in [7, 11) is 0. The largest absolute Gasteiger partial charge is 0.306 e. The summed E-state index contributed by atoms with van der Waals surface area (Å²) >= 11 is 14.9. The fourth-order valence-corrected chi connectivity index (χ4v) is 3.23.